The van der Waals surface area contributed by atoms with Crippen LogP contribution in [0.4, 0.5) is 0 Å². The topological polar surface area (TPSA) is 20.2 Å². The molecule has 0 aliphatic heterocycles. The molecule has 0 spiro atoms. The summed E-state index contributed by atoms with van der Waals surface area (Å²) in [4.78, 5) is 0. The Bertz CT molecular complexity index is 269. The van der Waals surface area contributed by atoms with Crippen molar-refractivity contribution >= 4 is 0 Å². The quantitative estimate of drug-likeness (QED) is 0.690. The first-order valence-corrected chi connectivity index (χ1v) is 6.41. The average Bonchev–Trinajstić information content (AvgIpc) is 2.56. The lowest BCUT2D eigenvalue weighted by Crippen LogP contribution is -2.35. The Kier molecular flexibility index (Phi) is 2.94. The standard InChI is InChI=1S/C14H24O/c1-10-5-4-8-14(3)12(10)6-7-13(14)11(2)9-15/h7,10-12,15H,4-6,8-9H2,1-3H3/t10-,11+,12-,14-/m0/s1. The van der Waals surface area contributed by atoms with Gasteiger partial charge in [0.1, 0.15) is 0 Å². The zero-order chi connectivity index (χ0) is 11.1. The smallest absolute Gasteiger partial charge is 0.0494 e. The number of hydrogen-bond donors (Lipinski definition) is 1. The van der Waals surface area contributed by atoms with Gasteiger partial charge in [-0.1, -0.05) is 45.3 Å². The van der Waals surface area contributed by atoms with Crippen molar-refractivity contribution in [3.8, 4) is 0 Å². The number of fused-ring (bicyclic) bond motifs is 1. The fourth-order valence-electron chi connectivity index (χ4n) is 4.01. The summed E-state index contributed by atoms with van der Waals surface area (Å²) in [5.41, 5.74) is 1.95. The fraction of sp³-hybridized carbons (Fsp3) is 0.857. The third-order valence-corrected chi connectivity index (χ3v) is 4.92. The molecule has 4 atom stereocenters. The molecule has 0 amide bonds. The minimum absolute atomic E-state index is 0.308. The van der Waals surface area contributed by atoms with Gasteiger partial charge >= 0.3 is 0 Å². The largest absolute Gasteiger partial charge is 0.396 e. The molecule has 0 unspecified atom stereocenters. The monoisotopic (exact) mass is 208 g/mol. The molecule has 1 heteroatoms. The lowest BCUT2D eigenvalue weighted by Gasteiger charge is -2.44. The van der Waals surface area contributed by atoms with E-state index in [1.165, 1.54) is 25.7 Å². The number of aliphatic hydroxyl groups excluding tert-OH is 1. The second-order valence-electron chi connectivity index (χ2n) is 5.87. The van der Waals surface area contributed by atoms with Gasteiger partial charge in [0.05, 0.1) is 0 Å². The third-order valence-electron chi connectivity index (χ3n) is 4.92. The van der Waals surface area contributed by atoms with Crippen molar-refractivity contribution in [2.75, 3.05) is 6.61 Å². The van der Waals surface area contributed by atoms with Crippen molar-refractivity contribution in [3.63, 3.8) is 0 Å². The van der Waals surface area contributed by atoms with Crippen LogP contribution < -0.4 is 0 Å². The lowest BCUT2D eigenvalue weighted by atomic mass is 9.61. The molecule has 2 rings (SSSR count). The second kappa shape index (κ2) is 3.93. The van der Waals surface area contributed by atoms with E-state index >= 15 is 0 Å². The molecule has 2 aliphatic carbocycles. The van der Waals surface area contributed by atoms with Gasteiger partial charge in [-0.05, 0) is 30.1 Å². The van der Waals surface area contributed by atoms with E-state index in [2.05, 4.69) is 26.8 Å². The molecule has 15 heavy (non-hydrogen) atoms. The molecule has 0 aromatic carbocycles. The average molecular weight is 208 g/mol. The minimum Gasteiger partial charge on any atom is -0.396 e. The molecular formula is C14H24O. The van der Waals surface area contributed by atoms with Crippen LogP contribution in [0.25, 0.3) is 0 Å². The zero-order valence-electron chi connectivity index (χ0n) is 10.3. The molecule has 1 saturated carbocycles. The van der Waals surface area contributed by atoms with Crippen LogP contribution in [0.3, 0.4) is 0 Å². The maximum absolute atomic E-state index is 9.32. The Labute approximate surface area is 93.6 Å². The minimum atomic E-state index is 0.308. The van der Waals surface area contributed by atoms with Gasteiger partial charge in [-0.15, -0.1) is 0 Å². The summed E-state index contributed by atoms with van der Waals surface area (Å²) in [6.45, 7) is 7.31. The van der Waals surface area contributed by atoms with Gasteiger partial charge < -0.3 is 5.11 Å². The molecule has 0 saturated heterocycles. The van der Waals surface area contributed by atoms with Crippen molar-refractivity contribution in [1.82, 2.24) is 0 Å². The van der Waals surface area contributed by atoms with Crippen LogP contribution in [0.1, 0.15) is 46.5 Å². The molecule has 0 heterocycles. The highest BCUT2D eigenvalue weighted by Crippen LogP contribution is 2.56. The van der Waals surface area contributed by atoms with Gasteiger partial charge in [-0.2, -0.15) is 0 Å². The fourth-order valence-corrected chi connectivity index (χ4v) is 4.01. The molecule has 1 N–H and O–H groups in total. The predicted molar refractivity (Wildman–Crippen MR) is 63.6 cm³/mol. The van der Waals surface area contributed by atoms with Crippen molar-refractivity contribution in [2.24, 2.45) is 23.2 Å². The van der Waals surface area contributed by atoms with E-state index in [0.29, 0.717) is 17.9 Å². The Balaban J connectivity index is 2.22. The van der Waals surface area contributed by atoms with E-state index in [-0.39, 0.29) is 0 Å². The van der Waals surface area contributed by atoms with Crippen molar-refractivity contribution in [2.45, 2.75) is 46.5 Å². The molecule has 0 bridgehead atoms. The summed E-state index contributed by atoms with van der Waals surface area (Å²) in [5, 5.41) is 9.32. The Hall–Kier alpha value is -0.300. The highest BCUT2D eigenvalue weighted by Gasteiger charge is 2.46. The SMILES string of the molecule is C[C@H](CO)C1=CC[C@H]2[C@@H](C)CCC[C@]12C. The van der Waals surface area contributed by atoms with Crippen LogP contribution in [-0.2, 0) is 0 Å². The first-order chi connectivity index (χ1) is 7.09. The molecular weight excluding hydrogens is 184 g/mol. The summed E-state index contributed by atoms with van der Waals surface area (Å²) in [6.07, 6.45) is 7.77. The maximum Gasteiger partial charge on any atom is 0.0494 e. The van der Waals surface area contributed by atoms with Gasteiger partial charge in [-0.3, -0.25) is 0 Å². The Morgan fingerprint density at radius 2 is 2.33 bits per heavy atom. The highest BCUT2D eigenvalue weighted by molar-refractivity contribution is 5.25. The van der Waals surface area contributed by atoms with Crippen molar-refractivity contribution in [3.05, 3.63) is 11.6 Å². The molecule has 1 fully saturated rings. The zero-order valence-corrected chi connectivity index (χ0v) is 10.3. The Morgan fingerprint density at radius 3 is 3.00 bits per heavy atom. The maximum atomic E-state index is 9.32. The highest BCUT2D eigenvalue weighted by atomic mass is 16.3. The number of hydrogen-bond acceptors (Lipinski definition) is 1. The van der Waals surface area contributed by atoms with E-state index in [0.717, 1.165) is 11.8 Å². The summed E-state index contributed by atoms with van der Waals surface area (Å²) in [7, 11) is 0. The summed E-state index contributed by atoms with van der Waals surface area (Å²) < 4.78 is 0. The van der Waals surface area contributed by atoms with E-state index in [9.17, 15) is 5.11 Å². The van der Waals surface area contributed by atoms with E-state index in [1.54, 1.807) is 5.57 Å². The molecule has 86 valence electrons. The summed E-state index contributed by atoms with van der Waals surface area (Å²) in [5.74, 6) is 2.07. The van der Waals surface area contributed by atoms with Crippen LogP contribution in [-0.4, -0.2) is 11.7 Å². The van der Waals surface area contributed by atoms with Crippen LogP contribution in [0.15, 0.2) is 11.6 Å². The summed E-state index contributed by atoms with van der Waals surface area (Å²) in [6, 6.07) is 0. The first kappa shape index (κ1) is 11.2. The van der Waals surface area contributed by atoms with Crippen LogP contribution >= 0.6 is 0 Å². The van der Waals surface area contributed by atoms with Crippen LogP contribution in [0.2, 0.25) is 0 Å². The Morgan fingerprint density at radius 1 is 1.60 bits per heavy atom. The van der Waals surface area contributed by atoms with E-state index in [1.807, 2.05) is 0 Å². The van der Waals surface area contributed by atoms with Crippen molar-refractivity contribution in [1.29, 1.82) is 0 Å². The summed E-state index contributed by atoms with van der Waals surface area (Å²) >= 11 is 0. The molecule has 2 aliphatic rings. The number of allylic oxidation sites excluding steroid dienone is 1. The van der Waals surface area contributed by atoms with E-state index in [4.69, 9.17) is 0 Å². The van der Waals surface area contributed by atoms with Gasteiger partial charge in [-0.25, -0.2) is 0 Å². The van der Waals surface area contributed by atoms with E-state index < -0.39 is 0 Å². The van der Waals surface area contributed by atoms with Gasteiger partial charge in [0.2, 0.25) is 0 Å². The lowest BCUT2D eigenvalue weighted by molar-refractivity contribution is 0.104. The van der Waals surface area contributed by atoms with Gasteiger partial charge in [0.15, 0.2) is 0 Å². The number of aliphatic hydroxyl groups is 1. The van der Waals surface area contributed by atoms with Crippen LogP contribution in [0, 0.1) is 23.2 Å². The normalized spacial score (nSPS) is 42.3. The van der Waals surface area contributed by atoms with Crippen molar-refractivity contribution < 1.29 is 5.11 Å². The predicted octanol–water partition coefficient (Wildman–Crippen LogP) is 3.39. The second-order valence-corrected chi connectivity index (χ2v) is 5.87. The molecule has 0 radical (unpaired) electrons. The molecule has 0 aromatic heterocycles. The number of rotatable bonds is 2. The van der Waals surface area contributed by atoms with Gasteiger partial charge in [0, 0.05) is 12.5 Å². The molecule has 1 nitrogen and oxygen atoms in total. The third kappa shape index (κ3) is 1.65. The van der Waals surface area contributed by atoms with Gasteiger partial charge in [0.25, 0.3) is 0 Å². The first-order valence-electron chi connectivity index (χ1n) is 6.41. The van der Waals surface area contributed by atoms with Crippen LogP contribution in [0.5, 0.6) is 0 Å². The molecule has 0 aromatic rings.